The monoisotopic (exact) mass is 241 g/mol. The Morgan fingerprint density at radius 3 is 2.47 bits per heavy atom. The van der Waals surface area contributed by atoms with Crippen molar-refractivity contribution in [1.29, 1.82) is 0 Å². The number of hydrogen-bond donors (Lipinski definition) is 3. The van der Waals surface area contributed by atoms with Crippen molar-refractivity contribution in [2.45, 2.75) is 37.6 Å². The van der Waals surface area contributed by atoms with Gasteiger partial charge in [0.05, 0.1) is 5.54 Å². The van der Waals surface area contributed by atoms with Gasteiger partial charge in [0.15, 0.2) is 0 Å². The average Bonchev–Trinajstić information content (AvgIpc) is 2.30. The van der Waals surface area contributed by atoms with Gasteiger partial charge in [-0.3, -0.25) is 4.90 Å². The van der Waals surface area contributed by atoms with Crippen LogP contribution in [0.3, 0.4) is 0 Å². The molecule has 3 N–H and O–H groups in total. The number of hydrogen-bond acceptors (Lipinski definition) is 3. The van der Waals surface area contributed by atoms with E-state index in [9.17, 15) is 4.79 Å². The van der Waals surface area contributed by atoms with E-state index in [0.717, 1.165) is 58.4 Å². The van der Waals surface area contributed by atoms with E-state index in [1.54, 1.807) is 0 Å². The van der Waals surface area contributed by atoms with E-state index >= 15 is 0 Å². The summed E-state index contributed by atoms with van der Waals surface area (Å²) in [5.74, 6) is 0. The summed E-state index contributed by atoms with van der Waals surface area (Å²) in [4.78, 5) is 13.4. The molecule has 1 saturated carbocycles. The lowest BCUT2D eigenvalue weighted by Gasteiger charge is -2.42. The lowest BCUT2D eigenvalue weighted by Crippen LogP contribution is -2.58. The highest BCUT2D eigenvalue weighted by molar-refractivity contribution is 5.65. The summed E-state index contributed by atoms with van der Waals surface area (Å²) in [6.07, 6.45) is 4.64. The minimum atomic E-state index is -0.873. The summed E-state index contributed by atoms with van der Waals surface area (Å²) in [5.41, 5.74) is -0.193. The number of amides is 1. The molecule has 0 spiro atoms. The van der Waals surface area contributed by atoms with Gasteiger partial charge in [-0.2, -0.15) is 0 Å². The lowest BCUT2D eigenvalue weighted by molar-refractivity contribution is 0.118. The molecule has 1 saturated heterocycles. The lowest BCUT2D eigenvalue weighted by atomic mass is 9.81. The van der Waals surface area contributed by atoms with Crippen LogP contribution in [0.25, 0.3) is 0 Å². The van der Waals surface area contributed by atoms with E-state index in [-0.39, 0.29) is 5.54 Å². The number of rotatable bonds is 3. The van der Waals surface area contributed by atoms with Crippen LogP contribution in [-0.2, 0) is 0 Å². The van der Waals surface area contributed by atoms with E-state index < -0.39 is 6.09 Å². The molecule has 0 atom stereocenters. The van der Waals surface area contributed by atoms with Crippen molar-refractivity contribution >= 4 is 6.09 Å². The molecule has 17 heavy (non-hydrogen) atoms. The number of carbonyl (C=O) groups is 1. The third kappa shape index (κ3) is 3.57. The molecule has 1 aliphatic heterocycles. The maximum atomic E-state index is 11.0. The van der Waals surface area contributed by atoms with Gasteiger partial charge in [-0.05, 0) is 12.8 Å². The van der Waals surface area contributed by atoms with Crippen LogP contribution in [0.2, 0.25) is 0 Å². The van der Waals surface area contributed by atoms with Crippen LogP contribution in [0.1, 0.15) is 32.1 Å². The molecule has 0 bridgehead atoms. The third-order valence-electron chi connectivity index (χ3n) is 3.92. The summed E-state index contributed by atoms with van der Waals surface area (Å²) in [7, 11) is 0. The van der Waals surface area contributed by atoms with E-state index in [4.69, 9.17) is 5.11 Å². The molecule has 1 amide bonds. The Labute approximate surface area is 103 Å². The molecule has 98 valence electrons. The molecule has 5 heteroatoms. The summed E-state index contributed by atoms with van der Waals surface area (Å²) in [6, 6.07) is 0. The second-order valence-electron chi connectivity index (χ2n) is 5.30. The van der Waals surface area contributed by atoms with E-state index in [0.29, 0.717) is 0 Å². The third-order valence-corrected chi connectivity index (χ3v) is 3.92. The van der Waals surface area contributed by atoms with Gasteiger partial charge < -0.3 is 15.7 Å². The minimum Gasteiger partial charge on any atom is -0.465 e. The quantitative estimate of drug-likeness (QED) is 0.686. The van der Waals surface area contributed by atoms with Crippen molar-refractivity contribution in [1.82, 2.24) is 15.5 Å². The summed E-state index contributed by atoms with van der Waals surface area (Å²) in [6.45, 7) is 4.97. The minimum absolute atomic E-state index is 0.193. The predicted molar refractivity (Wildman–Crippen MR) is 66.3 cm³/mol. The zero-order chi connectivity index (χ0) is 12.1. The summed E-state index contributed by atoms with van der Waals surface area (Å²) >= 11 is 0. The maximum absolute atomic E-state index is 11.0. The number of nitrogens with one attached hydrogen (secondary N) is 2. The fourth-order valence-corrected chi connectivity index (χ4v) is 3.08. The van der Waals surface area contributed by atoms with Crippen molar-refractivity contribution in [3.8, 4) is 0 Å². The zero-order valence-electron chi connectivity index (χ0n) is 10.4. The highest BCUT2D eigenvalue weighted by atomic mass is 16.4. The van der Waals surface area contributed by atoms with Gasteiger partial charge in [0, 0.05) is 32.7 Å². The molecule has 5 nitrogen and oxygen atoms in total. The van der Waals surface area contributed by atoms with Crippen molar-refractivity contribution in [3.63, 3.8) is 0 Å². The van der Waals surface area contributed by atoms with Gasteiger partial charge in [-0.25, -0.2) is 4.79 Å². The molecule has 1 aliphatic carbocycles. The van der Waals surface area contributed by atoms with Crippen LogP contribution in [0.5, 0.6) is 0 Å². The number of carboxylic acid groups (broad SMARTS) is 1. The molecule has 1 heterocycles. The van der Waals surface area contributed by atoms with Gasteiger partial charge in [0.1, 0.15) is 0 Å². The second-order valence-corrected chi connectivity index (χ2v) is 5.30. The summed E-state index contributed by atoms with van der Waals surface area (Å²) < 4.78 is 0. The molecule has 0 aromatic carbocycles. The van der Waals surface area contributed by atoms with Crippen molar-refractivity contribution < 1.29 is 9.90 Å². The number of nitrogens with zero attached hydrogens (tertiary/aromatic N) is 1. The topological polar surface area (TPSA) is 64.6 Å². The van der Waals surface area contributed by atoms with Crippen LogP contribution in [0.15, 0.2) is 0 Å². The Balaban J connectivity index is 1.95. The van der Waals surface area contributed by atoms with Crippen molar-refractivity contribution in [2.75, 3.05) is 32.7 Å². The standard InChI is InChI=1S/C12H23N3O2/c16-11(17)14-12(4-2-1-3-5-12)10-15-8-6-13-7-9-15/h13-14H,1-10H2,(H,16,17). The molecule has 2 fully saturated rings. The van der Waals surface area contributed by atoms with Crippen LogP contribution in [0.4, 0.5) is 4.79 Å². The fourth-order valence-electron chi connectivity index (χ4n) is 3.08. The highest BCUT2D eigenvalue weighted by Crippen LogP contribution is 2.29. The first kappa shape index (κ1) is 12.6. The Bertz CT molecular complexity index is 258. The normalized spacial score (nSPS) is 25.4. The van der Waals surface area contributed by atoms with Gasteiger partial charge >= 0.3 is 6.09 Å². The molecular weight excluding hydrogens is 218 g/mol. The first-order valence-corrected chi connectivity index (χ1v) is 6.64. The molecule has 0 aromatic heterocycles. The Morgan fingerprint density at radius 1 is 1.24 bits per heavy atom. The van der Waals surface area contributed by atoms with E-state index in [1.807, 2.05) is 0 Å². The number of piperazine rings is 1. The first-order valence-electron chi connectivity index (χ1n) is 6.64. The van der Waals surface area contributed by atoms with Crippen LogP contribution in [-0.4, -0.2) is 54.4 Å². The smallest absolute Gasteiger partial charge is 0.405 e. The SMILES string of the molecule is O=C(O)NC1(CN2CCNCC2)CCCCC1. The van der Waals surface area contributed by atoms with Gasteiger partial charge in [-0.15, -0.1) is 0 Å². The largest absolute Gasteiger partial charge is 0.465 e. The van der Waals surface area contributed by atoms with Gasteiger partial charge in [-0.1, -0.05) is 19.3 Å². The molecule has 2 aliphatic rings. The Kier molecular flexibility index (Phi) is 4.23. The highest BCUT2D eigenvalue weighted by Gasteiger charge is 2.35. The molecule has 2 rings (SSSR count). The van der Waals surface area contributed by atoms with Crippen LogP contribution in [0, 0.1) is 0 Å². The first-order chi connectivity index (χ1) is 8.20. The summed E-state index contributed by atoms with van der Waals surface area (Å²) in [5, 5.41) is 15.1. The molecule has 0 radical (unpaired) electrons. The predicted octanol–water partition coefficient (Wildman–Crippen LogP) is 0.862. The Morgan fingerprint density at radius 2 is 1.88 bits per heavy atom. The molecule has 0 unspecified atom stereocenters. The van der Waals surface area contributed by atoms with E-state index in [2.05, 4.69) is 15.5 Å². The average molecular weight is 241 g/mol. The van der Waals surface area contributed by atoms with Gasteiger partial charge in [0.25, 0.3) is 0 Å². The van der Waals surface area contributed by atoms with E-state index in [1.165, 1.54) is 6.42 Å². The van der Waals surface area contributed by atoms with Gasteiger partial charge in [0.2, 0.25) is 0 Å². The van der Waals surface area contributed by atoms with Crippen LogP contribution < -0.4 is 10.6 Å². The molecular formula is C12H23N3O2. The Hall–Kier alpha value is -0.810. The second kappa shape index (κ2) is 5.69. The van der Waals surface area contributed by atoms with Crippen LogP contribution >= 0.6 is 0 Å². The van der Waals surface area contributed by atoms with Crippen molar-refractivity contribution in [2.24, 2.45) is 0 Å². The molecule has 0 aromatic rings. The zero-order valence-corrected chi connectivity index (χ0v) is 10.4. The van der Waals surface area contributed by atoms with Crippen molar-refractivity contribution in [3.05, 3.63) is 0 Å². The fraction of sp³-hybridized carbons (Fsp3) is 0.917. The maximum Gasteiger partial charge on any atom is 0.405 e.